The maximum Gasteiger partial charge on any atom is 0.150 e. The van der Waals surface area contributed by atoms with Crippen LogP contribution in [-0.2, 0) is 9.59 Å². The maximum atomic E-state index is 11.7. The molecule has 0 rings (SSSR count). The standard InChI is InChI=1S/C11H21NO2/c1-5-9(8(3)13)7-11(14)10(6-2)12-4/h9-10,12H,5-7H2,1-4H3. The van der Waals surface area contributed by atoms with Gasteiger partial charge >= 0.3 is 0 Å². The van der Waals surface area contributed by atoms with Crippen molar-refractivity contribution >= 4 is 11.6 Å². The molecule has 3 nitrogen and oxygen atoms in total. The molecule has 14 heavy (non-hydrogen) atoms. The molecule has 0 aliphatic rings. The highest BCUT2D eigenvalue weighted by atomic mass is 16.1. The maximum absolute atomic E-state index is 11.7. The van der Waals surface area contributed by atoms with Gasteiger partial charge in [0.25, 0.3) is 0 Å². The number of nitrogens with one attached hydrogen (secondary N) is 1. The van der Waals surface area contributed by atoms with Gasteiger partial charge in [-0.1, -0.05) is 13.8 Å². The van der Waals surface area contributed by atoms with Gasteiger partial charge in [0.15, 0.2) is 0 Å². The number of carbonyl (C=O) groups excluding carboxylic acids is 2. The fourth-order valence-electron chi connectivity index (χ4n) is 1.55. The summed E-state index contributed by atoms with van der Waals surface area (Å²) in [6.07, 6.45) is 1.91. The van der Waals surface area contributed by atoms with E-state index in [1.54, 1.807) is 14.0 Å². The summed E-state index contributed by atoms with van der Waals surface area (Å²) in [5.41, 5.74) is 0. The van der Waals surface area contributed by atoms with E-state index in [0.717, 1.165) is 12.8 Å². The van der Waals surface area contributed by atoms with Crippen molar-refractivity contribution in [2.75, 3.05) is 7.05 Å². The van der Waals surface area contributed by atoms with Crippen LogP contribution < -0.4 is 5.32 Å². The van der Waals surface area contributed by atoms with E-state index in [9.17, 15) is 9.59 Å². The molecule has 1 N–H and O–H groups in total. The molecule has 3 heteroatoms. The average molecular weight is 199 g/mol. The fraction of sp³-hybridized carbons (Fsp3) is 0.818. The Bertz CT molecular complexity index is 197. The molecule has 0 fully saturated rings. The number of ketones is 2. The lowest BCUT2D eigenvalue weighted by molar-refractivity contribution is -0.127. The molecule has 0 aromatic heterocycles. The largest absolute Gasteiger partial charge is 0.311 e. The molecule has 0 saturated heterocycles. The summed E-state index contributed by atoms with van der Waals surface area (Å²) < 4.78 is 0. The smallest absolute Gasteiger partial charge is 0.150 e. The molecule has 0 radical (unpaired) electrons. The van der Waals surface area contributed by atoms with Crippen LogP contribution in [0.1, 0.15) is 40.0 Å². The van der Waals surface area contributed by atoms with Gasteiger partial charge in [-0.2, -0.15) is 0 Å². The molecule has 2 unspecified atom stereocenters. The van der Waals surface area contributed by atoms with Gasteiger partial charge in [0.05, 0.1) is 6.04 Å². The van der Waals surface area contributed by atoms with Crippen LogP contribution in [0.5, 0.6) is 0 Å². The average Bonchev–Trinajstić information content (AvgIpc) is 2.15. The van der Waals surface area contributed by atoms with E-state index >= 15 is 0 Å². The molecular weight excluding hydrogens is 178 g/mol. The van der Waals surface area contributed by atoms with Crippen LogP contribution in [0.15, 0.2) is 0 Å². The summed E-state index contributed by atoms with van der Waals surface area (Å²) in [4.78, 5) is 22.8. The zero-order valence-electron chi connectivity index (χ0n) is 9.59. The molecule has 0 aromatic carbocycles. The summed E-state index contributed by atoms with van der Waals surface area (Å²) in [5, 5.41) is 2.96. The molecule has 82 valence electrons. The molecule has 0 amide bonds. The van der Waals surface area contributed by atoms with E-state index in [-0.39, 0.29) is 23.5 Å². The van der Waals surface area contributed by atoms with Crippen LogP contribution in [-0.4, -0.2) is 24.7 Å². The van der Waals surface area contributed by atoms with E-state index in [0.29, 0.717) is 6.42 Å². The molecule has 0 heterocycles. The van der Waals surface area contributed by atoms with Gasteiger partial charge in [0, 0.05) is 12.3 Å². The number of carbonyl (C=O) groups is 2. The Morgan fingerprint density at radius 3 is 2.07 bits per heavy atom. The first-order valence-electron chi connectivity index (χ1n) is 5.27. The SMILES string of the molecule is CCC(CC(=O)C(CC)NC)C(C)=O. The molecule has 2 atom stereocenters. The van der Waals surface area contributed by atoms with Crippen LogP contribution in [0.3, 0.4) is 0 Å². The van der Waals surface area contributed by atoms with Crippen molar-refractivity contribution < 1.29 is 9.59 Å². The summed E-state index contributed by atoms with van der Waals surface area (Å²) in [7, 11) is 1.78. The van der Waals surface area contributed by atoms with E-state index in [1.807, 2.05) is 13.8 Å². The minimum atomic E-state index is -0.0941. The molecule has 0 spiro atoms. The van der Waals surface area contributed by atoms with Crippen molar-refractivity contribution in [3.8, 4) is 0 Å². The molecule has 0 aliphatic carbocycles. The van der Waals surface area contributed by atoms with Gasteiger partial charge < -0.3 is 5.32 Å². The molecule has 0 bridgehead atoms. The second kappa shape index (κ2) is 6.71. The van der Waals surface area contributed by atoms with E-state index in [2.05, 4.69) is 5.32 Å². The lowest BCUT2D eigenvalue weighted by Crippen LogP contribution is -2.35. The molecule has 0 aromatic rings. The van der Waals surface area contributed by atoms with E-state index < -0.39 is 0 Å². The zero-order chi connectivity index (χ0) is 11.1. The third kappa shape index (κ3) is 4.01. The first-order chi connectivity index (χ1) is 6.56. The van der Waals surface area contributed by atoms with E-state index in [1.165, 1.54) is 0 Å². The Morgan fingerprint density at radius 1 is 1.21 bits per heavy atom. The lowest BCUT2D eigenvalue weighted by atomic mass is 9.92. The summed E-state index contributed by atoms with van der Waals surface area (Å²) in [5.74, 6) is 0.175. The van der Waals surface area contributed by atoms with Crippen molar-refractivity contribution in [2.24, 2.45) is 5.92 Å². The second-order valence-corrected chi connectivity index (χ2v) is 3.64. The van der Waals surface area contributed by atoms with Gasteiger partial charge in [-0.05, 0) is 26.8 Å². The first kappa shape index (κ1) is 13.3. The van der Waals surface area contributed by atoms with Crippen molar-refractivity contribution in [1.82, 2.24) is 5.32 Å². The van der Waals surface area contributed by atoms with Crippen molar-refractivity contribution in [2.45, 2.75) is 46.1 Å². The Kier molecular flexibility index (Phi) is 6.37. The Labute approximate surface area is 86.3 Å². The van der Waals surface area contributed by atoms with Gasteiger partial charge in [0.1, 0.15) is 11.6 Å². The second-order valence-electron chi connectivity index (χ2n) is 3.64. The predicted molar refractivity (Wildman–Crippen MR) is 57.2 cm³/mol. The Balaban J connectivity index is 4.20. The zero-order valence-corrected chi connectivity index (χ0v) is 9.59. The Morgan fingerprint density at radius 2 is 1.79 bits per heavy atom. The first-order valence-corrected chi connectivity index (χ1v) is 5.27. The third-order valence-corrected chi connectivity index (χ3v) is 2.66. The van der Waals surface area contributed by atoms with E-state index in [4.69, 9.17) is 0 Å². The molecule has 0 aliphatic heterocycles. The molecule has 0 saturated carbocycles. The van der Waals surface area contributed by atoms with Gasteiger partial charge in [-0.3, -0.25) is 9.59 Å². The van der Waals surface area contributed by atoms with Crippen LogP contribution in [0, 0.1) is 5.92 Å². The quantitative estimate of drug-likeness (QED) is 0.677. The number of likely N-dealkylation sites (N-methyl/N-ethyl adjacent to an activating group) is 1. The predicted octanol–water partition coefficient (Wildman–Crippen LogP) is 1.56. The summed E-state index contributed by atoms with van der Waals surface area (Å²) in [6, 6.07) is -0.0941. The summed E-state index contributed by atoms with van der Waals surface area (Å²) >= 11 is 0. The fourth-order valence-corrected chi connectivity index (χ4v) is 1.55. The van der Waals surface area contributed by atoms with Crippen molar-refractivity contribution in [1.29, 1.82) is 0 Å². The monoisotopic (exact) mass is 199 g/mol. The van der Waals surface area contributed by atoms with Crippen molar-refractivity contribution in [3.05, 3.63) is 0 Å². The highest BCUT2D eigenvalue weighted by molar-refractivity contribution is 5.89. The number of rotatable bonds is 7. The van der Waals surface area contributed by atoms with Crippen molar-refractivity contribution in [3.63, 3.8) is 0 Å². The molecular formula is C11H21NO2. The van der Waals surface area contributed by atoms with Gasteiger partial charge in [-0.15, -0.1) is 0 Å². The highest BCUT2D eigenvalue weighted by Gasteiger charge is 2.20. The normalized spacial score (nSPS) is 14.9. The van der Waals surface area contributed by atoms with Crippen LogP contribution in [0.25, 0.3) is 0 Å². The van der Waals surface area contributed by atoms with Crippen LogP contribution >= 0.6 is 0 Å². The van der Waals surface area contributed by atoms with Crippen LogP contribution in [0.4, 0.5) is 0 Å². The van der Waals surface area contributed by atoms with Crippen LogP contribution in [0.2, 0.25) is 0 Å². The third-order valence-electron chi connectivity index (χ3n) is 2.66. The Hall–Kier alpha value is -0.700. The highest BCUT2D eigenvalue weighted by Crippen LogP contribution is 2.12. The minimum Gasteiger partial charge on any atom is -0.311 e. The van der Waals surface area contributed by atoms with Gasteiger partial charge in [0.2, 0.25) is 0 Å². The number of Topliss-reactive ketones (excluding diaryl/α,β-unsaturated/α-hetero) is 2. The number of hydrogen-bond donors (Lipinski definition) is 1. The lowest BCUT2D eigenvalue weighted by Gasteiger charge is -2.16. The number of hydrogen-bond acceptors (Lipinski definition) is 3. The summed E-state index contributed by atoms with van der Waals surface area (Å²) in [6.45, 7) is 5.47. The van der Waals surface area contributed by atoms with Gasteiger partial charge in [-0.25, -0.2) is 0 Å². The minimum absolute atomic E-state index is 0.0927. The topological polar surface area (TPSA) is 46.2 Å².